The van der Waals surface area contributed by atoms with Crippen LogP contribution in [0.5, 0.6) is 5.75 Å². The molecule has 0 atom stereocenters. The zero-order chi connectivity index (χ0) is 19.6. The Morgan fingerprint density at radius 1 is 1.15 bits per heavy atom. The molecular formula is C20H31N3O4. The topological polar surface area (TPSA) is 71.1 Å². The largest absolute Gasteiger partial charge is 0.494 e. The molecule has 0 radical (unpaired) electrons. The summed E-state index contributed by atoms with van der Waals surface area (Å²) in [7, 11) is 1.93. The lowest BCUT2D eigenvalue weighted by Crippen LogP contribution is -2.48. The molecule has 1 aliphatic heterocycles. The number of rotatable bonds is 8. The third-order valence-electron chi connectivity index (χ3n) is 4.49. The third-order valence-corrected chi connectivity index (χ3v) is 4.49. The lowest BCUT2D eigenvalue weighted by atomic mass is 10.1. The van der Waals surface area contributed by atoms with E-state index in [0.717, 1.165) is 24.2 Å². The summed E-state index contributed by atoms with van der Waals surface area (Å²) in [6, 6.07) is 8.05. The van der Waals surface area contributed by atoms with Crippen LogP contribution < -0.4 is 10.1 Å². The van der Waals surface area contributed by atoms with Crippen molar-refractivity contribution in [3.8, 4) is 5.75 Å². The number of likely N-dealkylation sites (N-methyl/N-ethyl adjacent to an activating group) is 1. The maximum Gasteiger partial charge on any atom is 0.409 e. The van der Waals surface area contributed by atoms with E-state index in [1.165, 1.54) is 0 Å². The molecule has 2 amide bonds. The first-order valence-corrected chi connectivity index (χ1v) is 9.63. The van der Waals surface area contributed by atoms with Crippen molar-refractivity contribution >= 4 is 12.0 Å². The Balaban J connectivity index is 1.70. The molecule has 1 N–H and O–H groups in total. The first kappa shape index (κ1) is 21.0. The number of carbonyl (C=O) groups excluding carboxylic acids is 2. The molecule has 7 heteroatoms. The molecule has 1 saturated heterocycles. The average molecular weight is 377 g/mol. The summed E-state index contributed by atoms with van der Waals surface area (Å²) in [6.45, 7) is 7.06. The first-order chi connectivity index (χ1) is 13.0. The molecule has 0 aromatic heterocycles. The Kier molecular flexibility index (Phi) is 8.39. The van der Waals surface area contributed by atoms with E-state index in [9.17, 15) is 9.59 Å². The van der Waals surface area contributed by atoms with Gasteiger partial charge in [0, 0.05) is 25.7 Å². The molecule has 1 aliphatic rings. The third kappa shape index (κ3) is 7.09. The van der Waals surface area contributed by atoms with E-state index in [-0.39, 0.29) is 18.0 Å². The molecular weight excluding hydrogens is 346 g/mol. The minimum absolute atomic E-state index is 0.0121. The molecule has 1 fully saturated rings. The zero-order valence-corrected chi connectivity index (χ0v) is 16.6. The predicted octanol–water partition coefficient (Wildman–Crippen LogP) is 2.25. The summed E-state index contributed by atoms with van der Waals surface area (Å²) < 4.78 is 10.5. The highest BCUT2D eigenvalue weighted by molar-refractivity contribution is 5.78. The molecule has 7 nitrogen and oxygen atoms in total. The van der Waals surface area contributed by atoms with Crippen LogP contribution in [0.15, 0.2) is 24.3 Å². The summed E-state index contributed by atoms with van der Waals surface area (Å²) in [5, 5.41) is 3.07. The Morgan fingerprint density at radius 3 is 2.41 bits per heavy atom. The van der Waals surface area contributed by atoms with Crippen molar-refractivity contribution in [1.29, 1.82) is 0 Å². The number of hydrogen-bond acceptors (Lipinski definition) is 5. The van der Waals surface area contributed by atoms with Crippen LogP contribution in [-0.2, 0) is 16.1 Å². The Morgan fingerprint density at radius 2 is 1.81 bits per heavy atom. The standard InChI is InChI=1S/C20H31N3O4/c1-4-26-18-8-6-16(7-9-18)14-22(3)15-19(24)21-17-10-12-23(13-11-17)20(25)27-5-2/h6-9,17H,4-5,10-15H2,1-3H3,(H,21,24). The first-order valence-electron chi connectivity index (χ1n) is 9.63. The lowest BCUT2D eigenvalue weighted by molar-refractivity contribution is -0.123. The number of ether oxygens (including phenoxy) is 2. The normalized spacial score (nSPS) is 14.9. The van der Waals surface area contributed by atoms with E-state index in [0.29, 0.717) is 39.4 Å². The summed E-state index contributed by atoms with van der Waals surface area (Å²) in [6.07, 6.45) is 1.25. The highest BCUT2D eigenvalue weighted by atomic mass is 16.6. The number of hydrogen-bond donors (Lipinski definition) is 1. The minimum atomic E-state index is -0.266. The van der Waals surface area contributed by atoms with Gasteiger partial charge in [0.25, 0.3) is 0 Å². The number of benzene rings is 1. The SMILES string of the molecule is CCOC(=O)N1CCC(NC(=O)CN(C)Cc2ccc(OCC)cc2)CC1. The highest BCUT2D eigenvalue weighted by Crippen LogP contribution is 2.14. The summed E-state index contributed by atoms with van der Waals surface area (Å²) in [5.41, 5.74) is 1.14. The van der Waals surface area contributed by atoms with Gasteiger partial charge in [-0.25, -0.2) is 4.79 Å². The number of nitrogens with zero attached hydrogens (tertiary/aromatic N) is 2. The van der Waals surface area contributed by atoms with E-state index in [4.69, 9.17) is 9.47 Å². The fourth-order valence-electron chi connectivity index (χ4n) is 3.16. The maximum absolute atomic E-state index is 12.3. The molecule has 27 heavy (non-hydrogen) atoms. The predicted molar refractivity (Wildman–Crippen MR) is 104 cm³/mol. The van der Waals surface area contributed by atoms with Crippen molar-refractivity contribution in [3.05, 3.63) is 29.8 Å². The van der Waals surface area contributed by atoms with Crippen LogP contribution in [0.1, 0.15) is 32.3 Å². The Bertz CT molecular complexity index is 598. The second-order valence-corrected chi connectivity index (χ2v) is 6.78. The number of piperidine rings is 1. The summed E-state index contributed by atoms with van der Waals surface area (Å²) >= 11 is 0. The van der Waals surface area contributed by atoms with Crippen LogP contribution in [0, 0.1) is 0 Å². The van der Waals surface area contributed by atoms with Gasteiger partial charge >= 0.3 is 6.09 Å². The fraction of sp³-hybridized carbons (Fsp3) is 0.600. The molecule has 1 aromatic rings. The van der Waals surface area contributed by atoms with Crippen LogP contribution >= 0.6 is 0 Å². The number of nitrogens with one attached hydrogen (secondary N) is 1. The van der Waals surface area contributed by atoms with Gasteiger partial charge in [-0.05, 0) is 51.4 Å². The summed E-state index contributed by atoms with van der Waals surface area (Å²) in [5.74, 6) is 0.869. The van der Waals surface area contributed by atoms with Crippen LogP contribution in [0.4, 0.5) is 4.79 Å². The average Bonchev–Trinajstić information content (AvgIpc) is 2.64. The molecule has 0 saturated carbocycles. The van der Waals surface area contributed by atoms with Gasteiger partial charge in [-0.15, -0.1) is 0 Å². The van der Waals surface area contributed by atoms with Crippen molar-refractivity contribution in [2.24, 2.45) is 0 Å². The van der Waals surface area contributed by atoms with Gasteiger partial charge in [-0.1, -0.05) is 12.1 Å². The van der Waals surface area contributed by atoms with Gasteiger partial charge < -0.3 is 19.7 Å². The molecule has 0 aliphatic carbocycles. The van der Waals surface area contributed by atoms with Gasteiger partial charge in [0.05, 0.1) is 19.8 Å². The fourth-order valence-corrected chi connectivity index (χ4v) is 3.16. The van der Waals surface area contributed by atoms with Crippen LogP contribution in [0.2, 0.25) is 0 Å². The van der Waals surface area contributed by atoms with Gasteiger partial charge in [-0.3, -0.25) is 9.69 Å². The number of amides is 2. The molecule has 1 aromatic carbocycles. The molecule has 0 bridgehead atoms. The molecule has 0 unspecified atom stereocenters. The second kappa shape index (κ2) is 10.8. The van der Waals surface area contributed by atoms with Crippen LogP contribution in [0.3, 0.4) is 0 Å². The Hall–Kier alpha value is -2.28. The van der Waals surface area contributed by atoms with Crippen LogP contribution in [-0.4, -0.2) is 67.7 Å². The molecule has 0 spiro atoms. The zero-order valence-electron chi connectivity index (χ0n) is 16.6. The molecule has 150 valence electrons. The van der Waals surface area contributed by atoms with Gasteiger partial charge in [0.1, 0.15) is 5.75 Å². The molecule has 1 heterocycles. The lowest BCUT2D eigenvalue weighted by Gasteiger charge is -2.32. The van der Waals surface area contributed by atoms with Gasteiger partial charge in [0.15, 0.2) is 0 Å². The highest BCUT2D eigenvalue weighted by Gasteiger charge is 2.24. The quantitative estimate of drug-likeness (QED) is 0.752. The molecule has 2 rings (SSSR count). The Labute approximate surface area is 161 Å². The smallest absolute Gasteiger partial charge is 0.409 e. The van der Waals surface area contributed by atoms with E-state index >= 15 is 0 Å². The van der Waals surface area contributed by atoms with Crippen molar-refractivity contribution in [3.63, 3.8) is 0 Å². The van der Waals surface area contributed by atoms with E-state index in [1.54, 1.807) is 11.8 Å². The van der Waals surface area contributed by atoms with E-state index in [2.05, 4.69) is 5.32 Å². The van der Waals surface area contributed by atoms with E-state index < -0.39 is 0 Å². The second-order valence-electron chi connectivity index (χ2n) is 6.78. The van der Waals surface area contributed by atoms with E-state index in [1.807, 2.05) is 43.1 Å². The van der Waals surface area contributed by atoms with Crippen LogP contribution in [0.25, 0.3) is 0 Å². The van der Waals surface area contributed by atoms with Crippen molar-refractivity contribution in [2.75, 3.05) is 39.9 Å². The van der Waals surface area contributed by atoms with Gasteiger partial charge in [0.2, 0.25) is 5.91 Å². The van der Waals surface area contributed by atoms with Gasteiger partial charge in [-0.2, -0.15) is 0 Å². The van der Waals surface area contributed by atoms with Crippen molar-refractivity contribution < 1.29 is 19.1 Å². The summed E-state index contributed by atoms with van der Waals surface area (Å²) in [4.78, 5) is 27.7. The van der Waals surface area contributed by atoms with Crippen molar-refractivity contribution in [1.82, 2.24) is 15.1 Å². The maximum atomic E-state index is 12.3. The number of carbonyl (C=O) groups is 2. The van der Waals surface area contributed by atoms with Crippen molar-refractivity contribution in [2.45, 2.75) is 39.3 Å². The number of likely N-dealkylation sites (tertiary alicyclic amines) is 1. The minimum Gasteiger partial charge on any atom is -0.494 e. The monoisotopic (exact) mass is 377 g/mol.